The minimum Gasteiger partial charge on any atom is -0.353 e. The third-order valence-corrected chi connectivity index (χ3v) is 5.57. The molecule has 1 amide bonds. The number of carbonyl (C=O) groups is 1. The first-order valence-electron chi connectivity index (χ1n) is 8.68. The van der Waals surface area contributed by atoms with E-state index in [1.165, 1.54) is 31.0 Å². The monoisotopic (exact) mass is 343 g/mol. The van der Waals surface area contributed by atoms with Crippen molar-refractivity contribution in [2.24, 2.45) is 0 Å². The molecule has 0 bridgehead atoms. The Morgan fingerprint density at radius 3 is 2.62 bits per heavy atom. The molecule has 1 fully saturated rings. The number of aryl methyl sites for hydroxylation is 1. The summed E-state index contributed by atoms with van der Waals surface area (Å²) in [6.45, 7) is 4.09. The number of para-hydroxylation sites is 1. The van der Waals surface area contributed by atoms with Crippen LogP contribution in [0.5, 0.6) is 0 Å². The van der Waals surface area contributed by atoms with E-state index in [0.29, 0.717) is 11.8 Å². The van der Waals surface area contributed by atoms with Crippen molar-refractivity contribution in [3.63, 3.8) is 0 Å². The van der Waals surface area contributed by atoms with Crippen LogP contribution < -0.4 is 5.32 Å². The molecule has 1 aromatic carbocycles. The summed E-state index contributed by atoms with van der Waals surface area (Å²) in [5, 5.41) is 4.06. The number of hydrogen-bond acceptors (Lipinski definition) is 3. The summed E-state index contributed by atoms with van der Waals surface area (Å²) < 4.78 is 2.13. The van der Waals surface area contributed by atoms with Crippen LogP contribution >= 0.6 is 11.8 Å². The Hall–Kier alpha value is -1.75. The number of hydrogen-bond donors (Lipinski definition) is 1. The van der Waals surface area contributed by atoms with E-state index >= 15 is 0 Å². The Morgan fingerprint density at radius 2 is 1.92 bits per heavy atom. The van der Waals surface area contributed by atoms with Crippen LogP contribution in [0, 0.1) is 13.8 Å². The van der Waals surface area contributed by atoms with Gasteiger partial charge < -0.3 is 5.32 Å². The zero-order valence-electron chi connectivity index (χ0n) is 14.4. The number of nitrogens with one attached hydrogen (secondary N) is 1. The molecule has 1 aliphatic rings. The maximum atomic E-state index is 12.3. The Kier molecular flexibility index (Phi) is 5.61. The Balaban J connectivity index is 1.67. The van der Waals surface area contributed by atoms with E-state index in [0.717, 1.165) is 35.1 Å². The number of carbonyl (C=O) groups excluding carboxylic acids is 1. The average molecular weight is 343 g/mol. The standard InChI is InChI=1S/C19H25N3OS/c1-14-15(2)22(17-11-7-4-8-12-17)19(20-14)24-13-18(23)21-16-9-5-3-6-10-16/h4,7-8,11-12,16H,3,5-6,9-10,13H2,1-2H3,(H,21,23). The fourth-order valence-corrected chi connectivity index (χ4v) is 4.12. The highest BCUT2D eigenvalue weighted by molar-refractivity contribution is 7.99. The van der Waals surface area contributed by atoms with Crippen molar-refractivity contribution >= 4 is 17.7 Å². The predicted molar refractivity (Wildman–Crippen MR) is 98.8 cm³/mol. The molecule has 1 N–H and O–H groups in total. The lowest BCUT2D eigenvalue weighted by Crippen LogP contribution is -2.37. The third kappa shape index (κ3) is 4.01. The molecule has 128 valence electrons. The van der Waals surface area contributed by atoms with Crippen molar-refractivity contribution in [1.82, 2.24) is 14.9 Å². The normalized spacial score (nSPS) is 15.4. The summed E-state index contributed by atoms with van der Waals surface area (Å²) in [6, 6.07) is 10.6. The largest absolute Gasteiger partial charge is 0.353 e. The van der Waals surface area contributed by atoms with Crippen molar-refractivity contribution in [2.45, 2.75) is 57.1 Å². The minimum absolute atomic E-state index is 0.116. The van der Waals surface area contributed by atoms with Gasteiger partial charge in [-0.3, -0.25) is 9.36 Å². The van der Waals surface area contributed by atoms with Crippen LogP contribution in [0.15, 0.2) is 35.5 Å². The highest BCUT2D eigenvalue weighted by atomic mass is 32.2. The van der Waals surface area contributed by atoms with Crippen molar-refractivity contribution in [3.8, 4) is 5.69 Å². The van der Waals surface area contributed by atoms with E-state index in [1.807, 2.05) is 25.1 Å². The molecule has 0 aliphatic heterocycles. The van der Waals surface area contributed by atoms with Crippen LogP contribution in [-0.2, 0) is 4.79 Å². The van der Waals surface area contributed by atoms with E-state index in [2.05, 4.69) is 33.9 Å². The molecule has 0 spiro atoms. The molecule has 24 heavy (non-hydrogen) atoms. The maximum Gasteiger partial charge on any atom is 0.230 e. The molecule has 1 aliphatic carbocycles. The van der Waals surface area contributed by atoms with Gasteiger partial charge in [-0.05, 0) is 38.8 Å². The Bertz CT molecular complexity index is 690. The molecule has 3 rings (SSSR count). The van der Waals surface area contributed by atoms with Crippen LogP contribution in [-0.4, -0.2) is 27.3 Å². The first-order chi connectivity index (χ1) is 11.6. The van der Waals surface area contributed by atoms with E-state index in [4.69, 9.17) is 0 Å². The number of nitrogens with zero attached hydrogens (tertiary/aromatic N) is 2. The first kappa shape index (κ1) is 17.1. The molecule has 4 nitrogen and oxygen atoms in total. The zero-order valence-corrected chi connectivity index (χ0v) is 15.2. The molecule has 1 heterocycles. The molecule has 2 aromatic rings. The van der Waals surface area contributed by atoms with Gasteiger partial charge in [0.15, 0.2) is 5.16 Å². The van der Waals surface area contributed by atoms with Gasteiger partial charge >= 0.3 is 0 Å². The average Bonchev–Trinajstić information content (AvgIpc) is 2.89. The van der Waals surface area contributed by atoms with Gasteiger partial charge in [0.05, 0.1) is 11.4 Å². The lowest BCUT2D eigenvalue weighted by atomic mass is 9.95. The number of amides is 1. The van der Waals surface area contributed by atoms with Crippen molar-refractivity contribution < 1.29 is 4.79 Å². The van der Waals surface area contributed by atoms with Crippen LogP contribution in [0.3, 0.4) is 0 Å². The van der Waals surface area contributed by atoms with E-state index in [1.54, 1.807) is 0 Å². The van der Waals surface area contributed by atoms with E-state index in [-0.39, 0.29) is 5.91 Å². The zero-order chi connectivity index (χ0) is 16.9. The van der Waals surface area contributed by atoms with Gasteiger partial charge in [-0.2, -0.15) is 0 Å². The van der Waals surface area contributed by atoms with Crippen molar-refractivity contribution in [2.75, 3.05) is 5.75 Å². The number of rotatable bonds is 5. The van der Waals surface area contributed by atoms with Gasteiger partial charge in [-0.1, -0.05) is 49.2 Å². The minimum atomic E-state index is 0.116. The lowest BCUT2D eigenvalue weighted by Gasteiger charge is -2.22. The van der Waals surface area contributed by atoms with Crippen LogP contribution in [0.2, 0.25) is 0 Å². The second-order valence-electron chi connectivity index (χ2n) is 6.43. The molecule has 0 unspecified atom stereocenters. The summed E-state index contributed by atoms with van der Waals surface area (Å²) >= 11 is 1.51. The van der Waals surface area contributed by atoms with Crippen molar-refractivity contribution in [1.29, 1.82) is 0 Å². The van der Waals surface area contributed by atoms with E-state index in [9.17, 15) is 4.79 Å². The summed E-state index contributed by atoms with van der Waals surface area (Å²) in [5.74, 6) is 0.531. The molecule has 1 aromatic heterocycles. The van der Waals surface area contributed by atoms with Crippen molar-refractivity contribution in [3.05, 3.63) is 41.7 Å². The summed E-state index contributed by atoms with van der Waals surface area (Å²) in [4.78, 5) is 16.9. The van der Waals surface area contributed by atoms with Gasteiger partial charge in [-0.25, -0.2) is 4.98 Å². The van der Waals surface area contributed by atoms with Gasteiger partial charge in [0, 0.05) is 17.4 Å². The Labute approximate surface area is 148 Å². The molecule has 0 radical (unpaired) electrons. The quantitative estimate of drug-likeness (QED) is 0.834. The van der Waals surface area contributed by atoms with Crippen LogP contribution in [0.25, 0.3) is 5.69 Å². The lowest BCUT2D eigenvalue weighted by molar-refractivity contribution is -0.119. The maximum absolute atomic E-state index is 12.3. The van der Waals surface area contributed by atoms with Crippen LogP contribution in [0.4, 0.5) is 0 Å². The van der Waals surface area contributed by atoms with Gasteiger partial charge in [0.25, 0.3) is 0 Å². The van der Waals surface area contributed by atoms with E-state index < -0.39 is 0 Å². The fourth-order valence-electron chi connectivity index (χ4n) is 3.20. The highest BCUT2D eigenvalue weighted by Gasteiger charge is 2.18. The number of benzene rings is 1. The number of imidazole rings is 1. The SMILES string of the molecule is Cc1nc(SCC(=O)NC2CCCCC2)n(-c2ccccc2)c1C. The molecular formula is C19H25N3OS. The topological polar surface area (TPSA) is 46.9 Å². The first-order valence-corrected chi connectivity index (χ1v) is 9.67. The Morgan fingerprint density at radius 1 is 1.21 bits per heavy atom. The number of thioether (sulfide) groups is 1. The van der Waals surface area contributed by atoms with Crippen LogP contribution in [0.1, 0.15) is 43.5 Å². The molecule has 5 heteroatoms. The third-order valence-electron chi connectivity index (χ3n) is 4.63. The second-order valence-corrected chi connectivity index (χ2v) is 7.37. The van der Waals surface area contributed by atoms with Gasteiger partial charge in [0.1, 0.15) is 0 Å². The summed E-state index contributed by atoms with van der Waals surface area (Å²) in [7, 11) is 0. The molecular weight excluding hydrogens is 318 g/mol. The molecule has 0 atom stereocenters. The molecule has 0 saturated heterocycles. The summed E-state index contributed by atoms with van der Waals surface area (Å²) in [5.41, 5.74) is 3.22. The van der Waals surface area contributed by atoms with Gasteiger partial charge in [0.2, 0.25) is 5.91 Å². The fraction of sp³-hybridized carbons (Fsp3) is 0.474. The number of aromatic nitrogens is 2. The smallest absolute Gasteiger partial charge is 0.230 e. The second kappa shape index (κ2) is 7.88. The van der Waals surface area contributed by atoms with Gasteiger partial charge in [-0.15, -0.1) is 0 Å². The predicted octanol–water partition coefficient (Wildman–Crippen LogP) is 4.03. The molecule has 1 saturated carbocycles. The highest BCUT2D eigenvalue weighted by Crippen LogP contribution is 2.25. The summed E-state index contributed by atoms with van der Waals surface area (Å²) in [6.07, 6.45) is 6.00.